The molecule has 2 heterocycles. The first kappa shape index (κ1) is 14.6. The Balaban J connectivity index is 2.01. The topological polar surface area (TPSA) is 66.5 Å². The zero-order valence-corrected chi connectivity index (χ0v) is 12.3. The molecule has 0 aliphatic carbocycles. The van der Waals surface area contributed by atoms with Gasteiger partial charge in [0.25, 0.3) is 0 Å². The van der Waals surface area contributed by atoms with Gasteiger partial charge in [-0.15, -0.1) is 0 Å². The molecule has 1 aliphatic heterocycles. The maximum atomic E-state index is 11.2. The first-order chi connectivity index (χ1) is 9.63. The van der Waals surface area contributed by atoms with Crippen LogP contribution < -0.4 is 15.5 Å². The zero-order valence-electron chi connectivity index (χ0n) is 12.3. The second kappa shape index (κ2) is 6.56. The number of aryl methyl sites for hydroxylation is 1. The van der Waals surface area contributed by atoms with Crippen molar-refractivity contribution < 1.29 is 9.53 Å². The molecule has 0 radical (unpaired) electrons. The third-order valence-electron chi connectivity index (χ3n) is 3.48. The minimum Gasteiger partial charge on any atom is -0.453 e. The van der Waals surface area contributed by atoms with Crippen LogP contribution in [0.15, 0.2) is 12.3 Å². The van der Waals surface area contributed by atoms with Crippen LogP contribution in [-0.2, 0) is 11.3 Å². The molecule has 1 fully saturated rings. The van der Waals surface area contributed by atoms with Gasteiger partial charge in [0.15, 0.2) is 0 Å². The fourth-order valence-corrected chi connectivity index (χ4v) is 2.55. The van der Waals surface area contributed by atoms with Gasteiger partial charge in [0.2, 0.25) is 0 Å². The summed E-state index contributed by atoms with van der Waals surface area (Å²) < 4.78 is 4.63. The van der Waals surface area contributed by atoms with Crippen LogP contribution in [0.3, 0.4) is 0 Å². The highest BCUT2D eigenvalue weighted by atomic mass is 16.5. The summed E-state index contributed by atoms with van der Waals surface area (Å²) >= 11 is 0. The molecule has 1 aliphatic rings. The van der Waals surface area contributed by atoms with Gasteiger partial charge >= 0.3 is 6.09 Å². The Morgan fingerprint density at radius 1 is 1.60 bits per heavy atom. The molecule has 0 saturated carbocycles. The van der Waals surface area contributed by atoms with E-state index in [0.717, 1.165) is 37.4 Å². The molecule has 1 amide bonds. The van der Waals surface area contributed by atoms with Gasteiger partial charge in [-0.25, -0.2) is 9.78 Å². The average molecular weight is 278 g/mol. The number of hydrogen-bond acceptors (Lipinski definition) is 5. The molecule has 6 nitrogen and oxygen atoms in total. The maximum absolute atomic E-state index is 11.2. The van der Waals surface area contributed by atoms with Crippen molar-refractivity contribution in [2.24, 2.45) is 0 Å². The van der Waals surface area contributed by atoms with Gasteiger partial charge in [-0.2, -0.15) is 0 Å². The van der Waals surface area contributed by atoms with Gasteiger partial charge in [-0.3, -0.25) is 0 Å². The van der Waals surface area contributed by atoms with E-state index in [1.54, 1.807) is 0 Å². The minimum atomic E-state index is -0.370. The molecule has 0 aromatic carbocycles. The number of amides is 1. The van der Waals surface area contributed by atoms with Crippen molar-refractivity contribution in [1.29, 1.82) is 0 Å². The largest absolute Gasteiger partial charge is 0.453 e. The molecule has 1 atom stereocenters. The molecule has 20 heavy (non-hydrogen) atoms. The first-order valence-electron chi connectivity index (χ1n) is 6.83. The van der Waals surface area contributed by atoms with Crippen LogP contribution >= 0.6 is 0 Å². The van der Waals surface area contributed by atoms with E-state index in [0.29, 0.717) is 0 Å². The van der Waals surface area contributed by atoms with Crippen molar-refractivity contribution in [1.82, 2.24) is 15.6 Å². The Morgan fingerprint density at radius 3 is 3.05 bits per heavy atom. The van der Waals surface area contributed by atoms with Crippen LogP contribution in [0, 0.1) is 6.92 Å². The molecular formula is C14H22N4O2. The van der Waals surface area contributed by atoms with Crippen molar-refractivity contribution in [3.05, 3.63) is 23.4 Å². The number of aromatic nitrogens is 1. The van der Waals surface area contributed by atoms with E-state index in [9.17, 15) is 4.79 Å². The van der Waals surface area contributed by atoms with Crippen molar-refractivity contribution in [2.45, 2.75) is 25.9 Å². The summed E-state index contributed by atoms with van der Waals surface area (Å²) in [6, 6.07) is 2.28. The Labute approximate surface area is 119 Å². The Bertz CT molecular complexity index is 478. The van der Waals surface area contributed by atoms with Crippen molar-refractivity contribution in [3.8, 4) is 0 Å². The normalized spacial score (nSPS) is 18.1. The molecule has 6 heteroatoms. The van der Waals surface area contributed by atoms with Gasteiger partial charge in [0, 0.05) is 25.8 Å². The Hall–Kier alpha value is -1.82. The van der Waals surface area contributed by atoms with Crippen LogP contribution in [-0.4, -0.2) is 44.4 Å². The number of nitrogens with zero attached hydrogens (tertiary/aromatic N) is 2. The van der Waals surface area contributed by atoms with E-state index in [1.807, 2.05) is 13.2 Å². The molecule has 0 spiro atoms. The molecule has 1 aromatic rings. The van der Waals surface area contributed by atoms with Gasteiger partial charge in [0.05, 0.1) is 13.2 Å². The lowest BCUT2D eigenvalue weighted by molar-refractivity contribution is 0.167. The number of nitrogens with one attached hydrogen (secondary N) is 2. The number of alkyl carbamates (subject to hydrolysis) is 1. The van der Waals surface area contributed by atoms with Crippen molar-refractivity contribution >= 4 is 11.9 Å². The zero-order chi connectivity index (χ0) is 14.5. The summed E-state index contributed by atoms with van der Waals surface area (Å²) in [5, 5.41) is 5.96. The highest BCUT2D eigenvalue weighted by molar-refractivity contribution is 5.67. The number of rotatable bonds is 4. The first-order valence-corrected chi connectivity index (χ1v) is 6.83. The van der Waals surface area contributed by atoms with Gasteiger partial charge < -0.3 is 20.3 Å². The predicted molar refractivity (Wildman–Crippen MR) is 77.9 cm³/mol. The van der Waals surface area contributed by atoms with Crippen molar-refractivity contribution in [2.75, 3.05) is 32.1 Å². The van der Waals surface area contributed by atoms with E-state index >= 15 is 0 Å². The van der Waals surface area contributed by atoms with Crippen LogP contribution in [0.25, 0.3) is 0 Å². The number of carbonyl (C=O) groups excluding carboxylic acids is 1. The molecule has 2 N–H and O–H groups in total. The molecular weight excluding hydrogens is 256 g/mol. The Kier molecular flexibility index (Phi) is 4.79. The smallest absolute Gasteiger partial charge is 0.407 e. The number of methoxy groups -OCH3 is 1. The molecule has 110 valence electrons. The lowest BCUT2D eigenvalue weighted by Crippen LogP contribution is -2.37. The van der Waals surface area contributed by atoms with E-state index < -0.39 is 0 Å². The van der Waals surface area contributed by atoms with E-state index in [-0.39, 0.29) is 12.1 Å². The number of hydrogen-bond donors (Lipinski definition) is 2. The second-order valence-electron chi connectivity index (χ2n) is 5.08. The molecule has 2 rings (SSSR count). The summed E-state index contributed by atoms with van der Waals surface area (Å²) in [4.78, 5) is 18.0. The summed E-state index contributed by atoms with van der Waals surface area (Å²) in [6.07, 6.45) is 2.44. The van der Waals surface area contributed by atoms with Crippen LogP contribution in [0.5, 0.6) is 0 Å². The molecule has 1 unspecified atom stereocenters. The SMILES string of the molecule is CNCc1cnc(N2CCC(NC(=O)OC)C2)c(C)c1. The lowest BCUT2D eigenvalue weighted by atomic mass is 10.2. The molecule has 1 aromatic heterocycles. The third kappa shape index (κ3) is 3.39. The number of pyridine rings is 1. The minimum absolute atomic E-state index is 0.126. The van der Waals surface area contributed by atoms with E-state index in [4.69, 9.17) is 0 Å². The molecule has 0 bridgehead atoms. The van der Waals surface area contributed by atoms with Gasteiger partial charge in [-0.1, -0.05) is 0 Å². The summed E-state index contributed by atoms with van der Waals surface area (Å²) in [6.45, 7) is 4.56. The van der Waals surface area contributed by atoms with Crippen molar-refractivity contribution in [3.63, 3.8) is 0 Å². The maximum Gasteiger partial charge on any atom is 0.407 e. The van der Waals surface area contributed by atoms with E-state index in [2.05, 4.69) is 38.2 Å². The summed E-state index contributed by atoms with van der Waals surface area (Å²) in [5.41, 5.74) is 2.34. The summed E-state index contributed by atoms with van der Waals surface area (Å²) in [5.74, 6) is 0.999. The number of carbonyl (C=O) groups is 1. The fraction of sp³-hybridized carbons (Fsp3) is 0.571. The number of ether oxygens (including phenoxy) is 1. The monoisotopic (exact) mass is 278 g/mol. The highest BCUT2D eigenvalue weighted by Gasteiger charge is 2.25. The quantitative estimate of drug-likeness (QED) is 0.861. The third-order valence-corrected chi connectivity index (χ3v) is 3.48. The average Bonchev–Trinajstić information content (AvgIpc) is 2.87. The van der Waals surface area contributed by atoms with Gasteiger partial charge in [-0.05, 0) is 37.6 Å². The fourth-order valence-electron chi connectivity index (χ4n) is 2.55. The van der Waals surface area contributed by atoms with Crippen LogP contribution in [0.4, 0.5) is 10.6 Å². The van der Waals surface area contributed by atoms with Gasteiger partial charge in [0.1, 0.15) is 5.82 Å². The predicted octanol–water partition coefficient (Wildman–Crippen LogP) is 1.04. The number of anilines is 1. The standard InChI is InChI=1S/C14H22N4O2/c1-10-6-11(7-15-2)8-16-13(10)18-5-4-12(9-18)17-14(19)20-3/h6,8,12,15H,4-5,7,9H2,1-3H3,(H,17,19). The summed E-state index contributed by atoms with van der Waals surface area (Å²) in [7, 11) is 3.31. The van der Waals surface area contributed by atoms with Crippen LogP contribution in [0.2, 0.25) is 0 Å². The second-order valence-corrected chi connectivity index (χ2v) is 5.08. The molecule has 1 saturated heterocycles. The highest BCUT2D eigenvalue weighted by Crippen LogP contribution is 2.22. The lowest BCUT2D eigenvalue weighted by Gasteiger charge is -2.20. The Morgan fingerprint density at radius 2 is 2.40 bits per heavy atom. The van der Waals surface area contributed by atoms with Crippen LogP contribution in [0.1, 0.15) is 17.5 Å². The van der Waals surface area contributed by atoms with E-state index in [1.165, 1.54) is 12.7 Å².